The molecule has 1 aromatic carbocycles. The summed E-state index contributed by atoms with van der Waals surface area (Å²) in [6.07, 6.45) is 5.05. The number of hydrogen-bond acceptors (Lipinski definition) is 4. The van der Waals surface area contributed by atoms with E-state index in [9.17, 15) is 4.79 Å². The van der Waals surface area contributed by atoms with E-state index in [1.165, 1.54) is 17.3 Å². The molecule has 0 unspecified atom stereocenters. The van der Waals surface area contributed by atoms with Crippen molar-refractivity contribution in [2.75, 3.05) is 20.2 Å². The summed E-state index contributed by atoms with van der Waals surface area (Å²) in [5.74, 6) is 0.428. The highest BCUT2D eigenvalue weighted by Gasteiger charge is 2.32. The van der Waals surface area contributed by atoms with Crippen LogP contribution in [0.1, 0.15) is 27.9 Å². The van der Waals surface area contributed by atoms with Crippen LogP contribution >= 0.6 is 0 Å². The molecule has 1 aliphatic rings. The van der Waals surface area contributed by atoms with Gasteiger partial charge < -0.3 is 9.64 Å². The Morgan fingerprint density at radius 3 is 2.83 bits per heavy atom. The zero-order valence-electron chi connectivity index (χ0n) is 14.2. The lowest BCUT2D eigenvalue weighted by Crippen LogP contribution is -2.48. The van der Waals surface area contributed by atoms with Crippen molar-refractivity contribution in [1.82, 2.24) is 15.1 Å². The Bertz CT molecular complexity index is 690. The van der Waals surface area contributed by atoms with Crippen molar-refractivity contribution in [3.05, 3.63) is 59.4 Å². The number of hydrogen-bond donors (Lipinski definition) is 0. The number of ether oxygens (including phenoxy) is 1. The predicted molar refractivity (Wildman–Crippen MR) is 91.7 cm³/mol. The van der Waals surface area contributed by atoms with Gasteiger partial charge in [0, 0.05) is 20.2 Å². The number of rotatable bonds is 4. The summed E-state index contributed by atoms with van der Waals surface area (Å²) in [5.41, 5.74) is 3.26. The molecule has 0 saturated carbocycles. The molecule has 24 heavy (non-hydrogen) atoms. The Balaban J connectivity index is 1.68. The van der Waals surface area contributed by atoms with Gasteiger partial charge in [-0.05, 0) is 42.9 Å². The number of aryl methyl sites for hydroxylation is 1. The second kappa shape index (κ2) is 7.53. The minimum atomic E-state index is 0.00120. The van der Waals surface area contributed by atoms with Crippen molar-refractivity contribution in [3.8, 4) is 0 Å². The van der Waals surface area contributed by atoms with Gasteiger partial charge in [-0.1, -0.05) is 24.3 Å². The first-order valence-corrected chi connectivity index (χ1v) is 8.32. The molecule has 3 rings (SSSR count). The fraction of sp³-hybridized carbons (Fsp3) is 0.421. The van der Waals surface area contributed by atoms with E-state index in [-0.39, 0.29) is 12.0 Å². The van der Waals surface area contributed by atoms with Crippen molar-refractivity contribution >= 4 is 5.91 Å². The van der Waals surface area contributed by atoms with Crippen LogP contribution in [-0.2, 0) is 11.2 Å². The van der Waals surface area contributed by atoms with Crippen LogP contribution in [0.2, 0.25) is 0 Å². The molecule has 126 valence electrons. The lowest BCUT2D eigenvalue weighted by molar-refractivity contribution is -0.00702. The monoisotopic (exact) mass is 325 g/mol. The van der Waals surface area contributed by atoms with Gasteiger partial charge in [-0.25, -0.2) is 0 Å². The Morgan fingerprint density at radius 2 is 2.12 bits per heavy atom. The summed E-state index contributed by atoms with van der Waals surface area (Å²) in [4.78, 5) is 14.4. The third-order valence-electron chi connectivity index (χ3n) is 4.86. The van der Waals surface area contributed by atoms with Gasteiger partial charge in [-0.3, -0.25) is 4.79 Å². The van der Waals surface area contributed by atoms with E-state index < -0.39 is 0 Å². The van der Waals surface area contributed by atoms with Crippen LogP contribution in [0, 0.1) is 12.8 Å². The molecule has 0 bridgehead atoms. The second-order valence-corrected chi connectivity index (χ2v) is 6.34. The maximum absolute atomic E-state index is 12.6. The van der Waals surface area contributed by atoms with E-state index >= 15 is 0 Å². The molecule has 2 aromatic rings. The summed E-state index contributed by atoms with van der Waals surface area (Å²) in [7, 11) is 1.73. The van der Waals surface area contributed by atoms with Gasteiger partial charge in [-0.2, -0.15) is 10.2 Å². The van der Waals surface area contributed by atoms with Crippen LogP contribution in [0.4, 0.5) is 0 Å². The van der Waals surface area contributed by atoms with E-state index in [1.807, 2.05) is 4.90 Å². The van der Waals surface area contributed by atoms with Crippen LogP contribution < -0.4 is 0 Å². The topological polar surface area (TPSA) is 55.3 Å². The maximum Gasteiger partial charge on any atom is 0.255 e. The maximum atomic E-state index is 12.6. The van der Waals surface area contributed by atoms with Gasteiger partial charge in [-0.15, -0.1) is 0 Å². The average molecular weight is 325 g/mol. The summed E-state index contributed by atoms with van der Waals surface area (Å²) in [5, 5.41) is 7.52. The minimum absolute atomic E-state index is 0.00120. The van der Waals surface area contributed by atoms with Gasteiger partial charge in [0.05, 0.1) is 24.1 Å². The van der Waals surface area contributed by atoms with Crippen LogP contribution in [0.15, 0.2) is 42.7 Å². The van der Waals surface area contributed by atoms with Crippen molar-refractivity contribution in [3.63, 3.8) is 0 Å². The van der Waals surface area contributed by atoms with Crippen LogP contribution in [-0.4, -0.2) is 47.3 Å². The smallest absolute Gasteiger partial charge is 0.255 e. The fourth-order valence-electron chi connectivity index (χ4n) is 3.37. The quantitative estimate of drug-likeness (QED) is 0.867. The first kappa shape index (κ1) is 16.6. The molecule has 5 nitrogen and oxygen atoms in total. The summed E-state index contributed by atoms with van der Waals surface area (Å²) in [6.45, 7) is 3.51. The largest absolute Gasteiger partial charge is 0.379 e. The molecule has 1 fully saturated rings. The first-order chi connectivity index (χ1) is 11.7. The molecule has 0 spiro atoms. The minimum Gasteiger partial charge on any atom is -0.379 e. The molecule has 0 N–H and O–H groups in total. The zero-order valence-corrected chi connectivity index (χ0v) is 14.2. The molecule has 0 radical (unpaired) electrons. The molecule has 0 aliphatic carbocycles. The Morgan fingerprint density at radius 1 is 1.29 bits per heavy atom. The summed E-state index contributed by atoms with van der Waals surface area (Å²) < 4.78 is 5.71. The van der Waals surface area contributed by atoms with Crippen LogP contribution in [0.25, 0.3) is 0 Å². The molecule has 2 atom stereocenters. The molecule has 1 aliphatic heterocycles. The van der Waals surface area contributed by atoms with Gasteiger partial charge >= 0.3 is 0 Å². The zero-order chi connectivity index (χ0) is 16.9. The number of methoxy groups -OCH3 is 1. The highest BCUT2D eigenvalue weighted by molar-refractivity contribution is 5.93. The summed E-state index contributed by atoms with van der Waals surface area (Å²) >= 11 is 0. The number of amides is 1. The molecule has 5 heteroatoms. The molecule has 1 amide bonds. The van der Waals surface area contributed by atoms with Crippen molar-refractivity contribution in [2.45, 2.75) is 25.9 Å². The number of nitrogens with zero attached hydrogens (tertiary/aromatic N) is 3. The number of carbonyl (C=O) groups is 1. The Kier molecular flexibility index (Phi) is 5.20. The molecular formula is C19H23N3O2. The van der Waals surface area contributed by atoms with Gasteiger partial charge in [0.15, 0.2) is 0 Å². The third kappa shape index (κ3) is 3.62. The van der Waals surface area contributed by atoms with Crippen molar-refractivity contribution in [2.24, 2.45) is 5.92 Å². The average Bonchev–Trinajstić information content (AvgIpc) is 2.64. The normalized spacial score (nSPS) is 20.8. The predicted octanol–water partition coefficient (Wildman–Crippen LogP) is 2.50. The Hall–Kier alpha value is -2.27. The third-order valence-corrected chi connectivity index (χ3v) is 4.86. The standard InChI is InChI=1S/C19H23N3O2/c1-14-5-3-4-6-15(14)11-16-8-10-22(13-18(16)24-2)19(23)17-7-9-20-21-12-17/h3-7,9,12,16,18H,8,10-11,13H2,1-2H3/t16-,18+/m1/s1. The summed E-state index contributed by atoms with van der Waals surface area (Å²) in [6, 6.07) is 10.2. The molecule has 1 saturated heterocycles. The van der Waals surface area contributed by atoms with Crippen molar-refractivity contribution in [1.29, 1.82) is 0 Å². The SMILES string of the molecule is CO[C@H]1CN(C(=O)c2ccnnc2)CC[C@@H]1Cc1ccccc1C. The lowest BCUT2D eigenvalue weighted by atomic mass is 9.86. The van der Waals surface area contributed by atoms with Crippen molar-refractivity contribution < 1.29 is 9.53 Å². The van der Waals surface area contributed by atoms with E-state index in [0.29, 0.717) is 18.0 Å². The molecular weight excluding hydrogens is 302 g/mol. The number of likely N-dealkylation sites (tertiary alicyclic amines) is 1. The molecule has 2 heterocycles. The fourth-order valence-corrected chi connectivity index (χ4v) is 3.37. The second-order valence-electron chi connectivity index (χ2n) is 6.34. The lowest BCUT2D eigenvalue weighted by Gasteiger charge is -2.38. The van der Waals surface area contributed by atoms with Gasteiger partial charge in [0.25, 0.3) is 5.91 Å². The highest BCUT2D eigenvalue weighted by Crippen LogP contribution is 2.26. The van der Waals surface area contributed by atoms with E-state index in [2.05, 4.69) is 41.4 Å². The van der Waals surface area contributed by atoms with E-state index in [4.69, 9.17) is 4.74 Å². The van der Waals surface area contributed by atoms with Gasteiger partial charge in [0.2, 0.25) is 0 Å². The molecule has 1 aromatic heterocycles. The van der Waals surface area contributed by atoms with E-state index in [0.717, 1.165) is 19.4 Å². The number of carbonyl (C=O) groups excluding carboxylic acids is 1. The number of aromatic nitrogens is 2. The number of benzene rings is 1. The highest BCUT2D eigenvalue weighted by atomic mass is 16.5. The van der Waals surface area contributed by atoms with Gasteiger partial charge in [0.1, 0.15) is 0 Å². The first-order valence-electron chi connectivity index (χ1n) is 8.32. The van der Waals surface area contributed by atoms with Crippen LogP contribution in [0.5, 0.6) is 0 Å². The van der Waals surface area contributed by atoms with Crippen LogP contribution in [0.3, 0.4) is 0 Å². The van der Waals surface area contributed by atoms with E-state index in [1.54, 1.807) is 19.4 Å². The number of piperidine rings is 1. The Labute approximate surface area is 142 Å².